The maximum atomic E-state index is 13.8. The van der Waals surface area contributed by atoms with Gasteiger partial charge in [-0.15, -0.1) is 0 Å². The van der Waals surface area contributed by atoms with Gasteiger partial charge >= 0.3 is 17.8 Å². The minimum Gasteiger partial charge on any atom is -0.399 e. The highest BCUT2D eigenvalue weighted by Gasteiger charge is 2.52. The van der Waals surface area contributed by atoms with Crippen molar-refractivity contribution in [1.82, 2.24) is 19.6 Å². The van der Waals surface area contributed by atoms with Crippen LogP contribution >= 0.6 is 0 Å². The van der Waals surface area contributed by atoms with Crippen molar-refractivity contribution in [2.24, 2.45) is 0 Å². The molecule has 0 aliphatic carbocycles. The third-order valence-corrected chi connectivity index (χ3v) is 7.22. The number of hydrogen-bond donors (Lipinski definition) is 0. The van der Waals surface area contributed by atoms with E-state index in [0.717, 1.165) is 41.2 Å². The average Bonchev–Trinajstić information content (AvgIpc) is 3.16. The van der Waals surface area contributed by atoms with Crippen LogP contribution in [0.3, 0.4) is 0 Å². The van der Waals surface area contributed by atoms with Crippen molar-refractivity contribution in [2.75, 3.05) is 26.2 Å². The molecule has 1 aromatic heterocycles. The second kappa shape index (κ2) is 11.3. The first-order chi connectivity index (χ1) is 19.3. The lowest BCUT2D eigenvalue weighted by Gasteiger charge is -2.46. The maximum Gasteiger partial charge on any atom is 0.358 e. The van der Waals surface area contributed by atoms with E-state index in [1.54, 1.807) is 12.1 Å². The first-order valence-corrected chi connectivity index (χ1v) is 13.3. The monoisotopic (exact) mass is 540 g/mol. The van der Waals surface area contributed by atoms with Gasteiger partial charge in [-0.1, -0.05) is 49.4 Å². The van der Waals surface area contributed by atoms with E-state index in [2.05, 4.69) is 12.0 Å². The zero-order valence-electron chi connectivity index (χ0n) is 22.9. The number of esters is 2. The van der Waals surface area contributed by atoms with Gasteiger partial charge in [-0.3, -0.25) is 14.6 Å². The van der Waals surface area contributed by atoms with Gasteiger partial charge in [-0.05, 0) is 55.7 Å². The summed E-state index contributed by atoms with van der Waals surface area (Å²) in [5.41, 5.74) is 5.49. The van der Waals surface area contributed by atoms with E-state index in [4.69, 9.17) is 9.47 Å². The summed E-state index contributed by atoms with van der Waals surface area (Å²) in [6.07, 6.45) is 6.89. The number of benzene rings is 2. The molecular weight excluding hydrogens is 508 g/mol. The molecular formula is C31H32N4O5. The fourth-order valence-corrected chi connectivity index (χ4v) is 5.23. The minimum absolute atomic E-state index is 0.0146. The van der Waals surface area contributed by atoms with Gasteiger partial charge in [-0.2, -0.15) is 5.10 Å². The summed E-state index contributed by atoms with van der Waals surface area (Å²) < 4.78 is 13.2. The van der Waals surface area contributed by atoms with Crippen LogP contribution in [0.5, 0.6) is 0 Å². The molecule has 1 fully saturated rings. The van der Waals surface area contributed by atoms with Crippen molar-refractivity contribution in [1.29, 1.82) is 0 Å². The molecule has 0 radical (unpaired) electrons. The number of aryl methyl sites for hydroxylation is 1. The Labute approximate surface area is 233 Å². The van der Waals surface area contributed by atoms with E-state index < -0.39 is 23.8 Å². The molecule has 1 amide bonds. The molecule has 3 heterocycles. The molecule has 1 spiro atoms. The lowest BCUT2D eigenvalue weighted by molar-refractivity contribution is -0.284. The van der Waals surface area contributed by atoms with Gasteiger partial charge < -0.3 is 9.47 Å². The van der Waals surface area contributed by atoms with E-state index in [9.17, 15) is 14.4 Å². The molecule has 0 unspecified atom stereocenters. The van der Waals surface area contributed by atoms with E-state index in [1.807, 2.05) is 78.0 Å². The summed E-state index contributed by atoms with van der Waals surface area (Å²) in [5.74, 6) is -3.80. The Morgan fingerprint density at radius 1 is 0.975 bits per heavy atom. The van der Waals surface area contributed by atoms with Crippen LogP contribution in [0, 0.1) is 13.8 Å². The molecule has 5 rings (SSSR count). The fraction of sp³-hybridized carbons (Fsp3) is 0.290. The van der Waals surface area contributed by atoms with Gasteiger partial charge in [0.2, 0.25) is 0 Å². The van der Waals surface area contributed by atoms with Gasteiger partial charge in [0.05, 0.1) is 17.9 Å². The quantitative estimate of drug-likeness (QED) is 0.439. The van der Waals surface area contributed by atoms with Gasteiger partial charge in [0.25, 0.3) is 5.91 Å². The van der Waals surface area contributed by atoms with Gasteiger partial charge in [0, 0.05) is 43.0 Å². The highest BCUT2D eigenvalue weighted by molar-refractivity contribution is 5.97. The zero-order chi connectivity index (χ0) is 28.3. The summed E-state index contributed by atoms with van der Waals surface area (Å²) in [5, 5.41) is 4.65. The van der Waals surface area contributed by atoms with Crippen molar-refractivity contribution < 1.29 is 23.9 Å². The van der Waals surface area contributed by atoms with E-state index in [0.29, 0.717) is 18.7 Å². The number of carbonyl (C=O) groups is 3. The molecule has 0 atom stereocenters. The van der Waals surface area contributed by atoms with E-state index in [-0.39, 0.29) is 13.1 Å². The third kappa shape index (κ3) is 5.46. The first kappa shape index (κ1) is 27.1. The fourth-order valence-electron chi connectivity index (χ4n) is 5.23. The highest BCUT2D eigenvalue weighted by Crippen LogP contribution is 2.30. The Bertz CT molecular complexity index is 1450. The van der Waals surface area contributed by atoms with Crippen molar-refractivity contribution in [3.05, 3.63) is 101 Å². The van der Waals surface area contributed by atoms with Gasteiger partial charge in [-0.25, -0.2) is 14.3 Å². The Morgan fingerprint density at radius 2 is 1.65 bits per heavy atom. The second-order valence-corrected chi connectivity index (χ2v) is 9.85. The number of piperazine rings is 1. The van der Waals surface area contributed by atoms with Crippen LogP contribution in [0.25, 0.3) is 11.8 Å². The van der Waals surface area contributed by atoms with Crippen molar-refractivity contribution in [2.45, 2.75) is 33.1 Å². The first-order valence-electron chi connectivity index (χ1n) is 13.3. The summed E-state index contributed by atoms with van der Waals surface area (Å²) >= 11 is 0. The molecule has 2 aromatic carbocycles. The lowest BCUT2D eigenvalue weighted by atomic mass is 10.1. The molecule has 2 aliphatic heterocycles. The predicted molar refractivity (Wildman–Crippen MR) is 149 cm³/mol. The number of hydrogen-bond acceptors (Lipinski definition) is 7. The smallest absolute Gasteiger partial charge is 0.358 e. The molecule has 0 bridgehead atoms. The van der Waals surface area contributed by atoms with Crippen LogP contribution in [-0.2, 0) is 25.5 Å². The minimum atomic E-state index is -1.89. The largest absolute Gasteiger partial charge is 0.399 e. The zero-order valence-corrected chi connectivity index (χ0v) is 22.9. The Kier molecular flexibility index (Phi) is 7.66. The van der Waals surface area contributed by atoms with Crippen molar-refractivity contribution in [3.63, 3.8) is 0 Å². The third-order valence-electron chi connectivity index (χ3n) is 7.22. The number of ether oxygens (including phenoxy) is 2. The number of nitrogens with zero attached hydrogens (tertiary/aromatic N) is 4. The predicted octanol–water partition coefficient (Wildman–Crippen LogP) is 3.83. The number of rotatable bonds is 6. The summed E-state index contributed by atoms with van der Waals surface area (Å²) in [7, 11) is 0. The molecule has 2 aliphatic rings. The topological polar surface area (TPSA) is 94.0 Å². The number of carbonyl (C=O) groups excluding carboxylic acids is 3. The lowest BCUT2D eigenvalue weighted by Crippen LogP contribution is -2.67. The van der Waals surface area contributed by atoms with Crippen LogP contribution in [-0.4, -0.2) is 69.5 Å². The molecule has 40 heavy (non-hydrogen) atoms. The Morgan fingerprint density at radius 3 is 2.27 bits per heavy atom. The van der Waals surface area contributed by atoms with Gasteiger partial charge in [0.15, 0.2) is 0 Å². The Hall–Kier alpha value is -4.50. The molecule has 206 valence electrons. The average molecular weight is 541 g/mol. The van der Waals surface area contributed by atoms with Crippen molar-refractivity contribution >= 4 is 23.9 Å². The number of amides is 1. The van der Waals surface area contributed by atoms with E-state index in [1.165, 1.54) is 10.5 Å². The highest BCUT2D eigenvalue weighted by atomic mass is 16.8. The van der Waals surface area contributed by atoms with Gasteiger partial charge in [0.1, 0.15) is 0 Å². The molecule has 3 aromatic rings. The Balaban J connectivity index is 1.39. The van der Waals surface area contributed by atoms with Crippen LogP contribution in [0.2, 0.25) is 0 Å². The number of aromatic nitrogens is 2. The van der Waals surface area contributed by atoms with E-state index >= 15 is 0 Å². The SMILES string of the molecule is CCc1c(C)nn(-c2ccc(C(=O)N3CCN(C/C=C/c4ccccc4)CC34OC(=O)C=CC(=O)O4)cc2)c1C. The van der Waals surface area contributed by atoms with Crippen LogP contribution < -0.4 is 0 Å². The summed E-state index contributed by atoms with van der Waals surface area (Å²) in [6.45, 7) is 7.33. The normalized spacial score (nSPS) is 17.2. The molecule has 9 heteroatoms. The van der Waals surface area contributed by atoms with Crippen LogP contribution in [0.15, 0.2) is 72.8 Å². The second-order valence-electron chi connectivity index (χ2n) is 9.85. The standard InChI is InChI=1S/C31H32N4O5/c1-4-27-22(2)32-35(23(27)3)26-14-12-25(13-15-26)30(38)34-20-19-33(18-8-11-24-9-6-5-7-10-24)21-31(34)39-28(36)16-17-29(37)40-31/h5-17H,4,18-21H2,1-3H3/b11-8+. The molecule has 9 nitrogen and oxygen atoms in total. The molecule has 0 saturated carbocycles. The van der Waals surface area contributed by atoms with Crippen LogP contribution in [0.4, 0.5) is 0 Å². The van der Waals surface area contributed by atoms with Crippen molar-refractivity contribution in [3.8, 4) is 5.69 Å². The van der Waals surface area contributed by atoms with Crippen LogP contribution in [0.1, 0.15) is 39.8 Å². The molecule has 1 saturated heterocycles. The maximum absolute atomic E-state index is 13.8. The summed E-state index contributed by atoms with van der Waals surface area (Å²) in [4.78, 5) is 42.1. The molecule has 0 N–H and O–H groups in total. The summed E-state index contributed by atoms with van der Waals surface area (Å²) in [6, 6.07) is 16.9.